The molecule has 1 aliphatic carbocycles. The second-order valence-corrected chi connectivity index (χ2v) is 6.44. The Kier molecular flexibility index (Phi) is 5.58. The maximum atomic E-state index is 13.0. The van der Waals surface area contributed by atoms with E-state index >= 15 is 0 Å². The second-order valence-electron chi connectivity index (χ2n) is 6.44. The van der Waals surface area contributed by atoms with Crippen LogP contribution in [0.5, 0.6) is 0 Å². The Bertz CT molecular complexity index is 780. The molecule has 1 fully saturated rings. The van der Waals surface area contributed by atoms with Gasteiger partial charge in [-0.2, -0.15) is 5.10 Å². The minimum absolute atomic E-state index is 0.0367. The molecule has 6 heteroatoms. The fourth-order valence-corrected chi connectivity index (χ4v) is 3.14. The molecule has 25 heavy (non-hydrogen) atoms. The van der Waals surface area contributed by atoms with Crippen LogP contribution in [0.2, 0.25) is 0 Å². The molecule has 0 atom stereocenters. The van der Waals surface area contributed by atoms with Gasteiger partial charge in [0.05, 0.1) is 5.69 Å². The smallest absolute Gasteiger partial charge is 0.266 e. The van der Waals surface area contributed by atoms with Crippen LogP contribution in [0.1, 0.15) is 38.5 Å². The lowest BCUT2D eigenvalue weighted by Crippen LogP contribution is -2.32. The Hall–Kier alpha value is -2.50. The van der Waals surface area contributed by atoms with E-state index in [1.807, 2.05) is 0 Å². The summed E-state index contributed by atoms with van der Waals surface area (Å²) in [6.45, 7) is 0.381. The normalized spacial score (nSPS) is 14.6. The van der Waals surface area contributed by atoms with Gasteiger partial charge >= 0.3 is 0 Å². The number of carbonyl (C=O) groups is 1. The van der Waals surface area contributed by atoms with Crippen LogP contribution in [-0.4, -0.2) is 21.7 Å². The average Bonchev–Trinajstić information content (AvgIpc) is 3.10. The molecule has 1 heterocycles. The summed E-state index contributed by atoms with van der Waals surface area (Å²) in [6, 6.07) is 9.36. The number of rotatable bonds is 6. The number of hydrogen-bond donors (Lipinski definition) is 1. The molecule has 0 bridgehead atoms. The first-order chi connectivity index (χ1) is 12.1. The highest BCUT2D eigenvalue weighted by atomic mass is 19.1. The summed E-state index contributed by atoms with van der Waals surface area (Å²) in [5.74, 6) is -0.278. The molecule has 1 aliphatic rings. The zero-order valence-corrected chi connectivity index (χ0v) is 14.1. The Morgan fingerprint density at radius 1 is 1.16 bits per heavy atom. The lowest BCUT2D eigenvalue weighted by atomic mass is 10.1. The molecule has 0 unspecified atom stereocenters. The van der Waals surface area contributed by atoms with Crippen LogP contribution in [0, 0.1) is 5.82 Å². The van der Waals surface area contributed by atoms with E-state index in [1.165, 1.54) is 35.7 Å². The number of hydrogen-bond acceptors (Lipinski definition) is 3. The van der Waals surface area contributed by atoms with Crippen LogP contribution >= 0.6 is 0 Å². The quantitative estimate of drug-likeness (QED) is 0.877. The number of aromatic nitrogens is 2. The Labute approximate surface area is 145 Å². The number of aryl methyl sites for hydroxylation is 1. The third-order valence-corrected chi connectivity index (χ3v) is 4.50. The summed E-state index contributed by atoms with van der Waals surface area (Å²) in [6.07, 6.45) is 5.42. The SMILES string of the molecule is O=C(CCCn1nc(-c2ccc(F)cc2)ccc1=O)NC1CCCC1. The lowest BCUT2D eigenvalue weighted by molar-refractivity contribution is -0.121. The van der Waals surface area contributed by atoms with Crippen molar-refractivity contribution in [1.82, 2.24) is 15.1 Å². The molecule has 0 aliphatic heterocycles. The monoisotopic (exact) mass is 343 g/mol. The fourth-order valence-electron chi connectivity index (χ4n) is 3.14. The number of nitrogens with zero attached hydrogens (tertiary/aromatic N) is 2. The average molecular weight is 343 g/mol. The van der Waals surface area contributed by atoms with E-state index in [1.54, 1.807) is 18.2 Å². The zero-order chi connectivity index (χ0) is 17.6. The predicted octanol–water partition coefficient (Wildman–Crippen LogP) is 2.89. The van der Waals surface area contributed by atoms with Gasteiger partial charge in [0.2, 0.25) is 5.91 Å². The van der Waals surface area contributed by atoms with Crippen LogP contribution < -0.4 is 10.9 Å². The first kappa shape index (κ1) is 17.3. The Balaban J connectivity index is 1.58. The van der Waals surface area contributed by atoms with E-state index in [0.717, 1.165) is 18.4 Å². The van der Waals surface area contributed by atoms with Gasteiger partial charge < -0.3 is 5.32 Å². The van der Waals surface area contributed by atoms with Crippen molar-refractivity contribution in [3.8, 4) is 11.3 Å². The molecular weight excluding hydrogens is 321 g/mol. The molecule has 132 valence electrons. The van der Waals surface area contributed by atoms with Gasteiger partial charge in [-0.05, 0) is 49.6 Å². The van der Waals surface area contributed by atoms with Gasteiger partial charge in [-0.15, -0.1) is 0 Å². The van der Waals surface area contributed by atoms with E-state index in [4.69, 9.17) is 0 Å². The zero-order valence-electron chi connectivity index (χ0n) is 14.1. The van der Waals surface area contributed by atoms with Crippen molar-refractivity contribution < 1.29 is 9.18 Å². The lowest BCUT2D eigenvalue weighted by Gasteiger charge is -2.12. The molecule has 0 spiro atoms. The van der Waals surface area contributed by atoms with Gasteiger partial charge in [0.15, 0.2) is 0 Å². The summed E-state index contributed by atoms with van der Waals surface area (Å²) in [5.41, 5.74) is 1.14. The van der Waals surface area contributed by atoms with Crippen LogP contribution in [0.3, 0.4) is 0 Å². The number of amides is 1. The fraction of sp³-hybridized carbons (Fsp3) is 0.421. The molecular formula is C19H22FN3O2. The van der Waals surface area contributed by atoms with E-state index in [0.29, 0.717) is 31.1 Å². The van der Waals surface area contributed by atoms with Gasteiger partial charge in [-0.1, -0.05) is 12.8 Å². The first-order valence-corrected chi connectivity index (χ1v) is 8.75. The highest BCUT2D eigenvalue weighted by Crippen LogP contribution is 2.18. The number of halogens is 1. The number of nitrogens with one attached hydrogen (secondary N) is 1. The van der Waals surface area contributed by atoms with Gasteiger partial charge in [0, 0.05) is 30.6 Å². The minimum Gasteiger partial charge on any atom is -0.353 e. The first-order valence-electron chi connectivity index (χ1n) is 8.75. The van der Waals surface area contributed by atoms with E-state index in [-0.39, 0.29) is 17.3 Å². The summed E-state index contributed by atoms with van der Waals surface area (Å²) < 4.78 is 14.4. The highest BCUT2D eigenvalue weighted by molar-refractivity contribution is 5.76. The minimum atomic E-state index is -0.314. The summed E-state index contributed by atoms with van der Waals surface area (Å²) in [7, 11) is 0. The largest absolute Gasteiger partial charge is 0.353 e. The predicted molar refractivity (Wildman–Crippen MR) is 93.5 cm³/mol. The van der Waals surface area contributed by atoms with Crippen LogP contribution in [0.4, 0.5) is 4.39 Å². The van der Waals surface area contributed by atoms with Crippen LogP contribution in [-0.2, 0) is 11.3 Å². The van der Waals surface area contributed by atoms with Crippen LogP contribution in [0.25, 0.3) is 11.3 Å². The molecule has 5 nitrogen and oxygen atoms in total. The van der Waals surface area contributed by atoms with Gasteiger partial charge in [-0.25, -0.2) is 9.07 Å². The molecule has 0 radical (unpaired) electrons. The molecule has 2 aromatic rings. The maximum absolute atomic E-state index is 13.0. The molecule has 1 aromatic carbocycles. The Morgan fingerprint density at radius 2 is 1.88 bits per heavy atom. The van der Waals surface area contributed by atoms with Crippen molar-refractivity contribution in [2.24, 2.45) is 0 Å². The van der Waals surface area contributed by atoms with E-state index in [9.17, 15) is 14.0 Å². The van der Waals surface area contributed by atoms with Gasteiger partial charge in [0.1, 0.15) is 5.82 Å². The molecule has 1 amide bonds. The van der Waals surface area contributed by atoms with Crippen molar-refractivity contribution >= 4 is 5.91 Å². The van der Waals surface area contributed by atoms with E-state index in [2.05, 4.69) is 10.4 Å². The van der Waals surface area contributed by atoms with Crippen molar-refractivity contribution in [2.75, 3.05) is 0 Å². The van der Waals surface area contributed by atoms with Crippen molar-refractivity contribution in [2.45, 2.75) is 51.1 Å². The third-order valence-electron chi connectivity index (χ3n) is 4.50. The maximum Gasteiger partial charge on any atom is 0.266 e. The third kappa shape index (κ3) is 4.75. The number of carbonyl (C=O) groups excluding carboxylic acids is 1. The Morgan fingerprint density at radius 3 is 2.60 bits per heavy atom. The van der Waals surface area contributed by atoms with Gasteiger partial charge in [0.25, 0.3) is 5.56 Å². The molecule has 1 N–H and O–H groups in total. The summed E-state index contributed by atoms with van der Waals surface area (Å²) in [5, 5.41) is 7.36. The van der Waals surface area contributed by atoms with Gasteiger partial charge in [-0.3, -0.25) is 9.59 Å². The standard InChI is InChI=1S/C19H22FN3O2/c20-15-9-7-14(8-10-15)17-11-12-19(25)23(22-17)13-3-6-18(24)21-16-4-1-2-5-16/h7-12,16H,1-6,13H2,(H,21,24). The highest BCUT2D eigenvalue weighted by Gasteiger charge is 2.16. The van der Waals surface area contributed by atoms with Crippen molar-refractivity contribution in [1.29, 1.82) is 0 Å². The number of benzene rings is 1. The topological polar surface area (TPSA) is 64.0 Å². The van der Waals surface area contributed by atoms with Crippen LogP contribution in [0.15, 0.2) is 41.2 Å². The molecule has 0 saturated heterocycles. The van der Waals surface area contributed by atoms with Crippen molar-refractivity contribution in [3.05, 3.63) is 52.6 Å². The second kappa shape index (κ2) is 8.05. The molecule has 1 saturated carbocycles. The van der Waals surface area contributed by atoms with Crippen molar-refractivity contribution in [3.63, 3.8) is 0 Å². The summed E-state index contributed by atoms with van der Waals surface area (Å²) in [4.78, 5) is 23.9. The summed E-state index contributed by atoms with van der Waals surface area (Å²) >= 11 is 0. The molecule has 1 aromatic heterocycles. The molecule has 3 rings (SSSR count). The van der Waals surface area contributed by atoms with E-state index < -0.39 is 0 Å².